The number of aromatic nitrogens is 1. The zero-order valence-corrected chi connectivity index (χ0v) is 25.0. The van der Waals surface area contributed by atoms with Crippen LogP contribution in [0.4, 0.5) is 14.5 Å². The maximum atomic E-state index is 14.2. The molecular formula is C32H34F2N4O4S. The van der Waals surface area contributed by atoms with E-state index < -0.39 is 38.7 Å². The highest BCUT2D eigenvalue weighted by atomic mass is 32.2. The highest BCUT2D eigenvalue weighted by Crippen LogP contribution is 2.37. The first kappa shape index (κ1) is 29.3. The lowest BCUT2D eigenvalue weighted by molar-refractivity contribution is -0.110. The number of aromatic amines is 1. The number of anilines is 1. The molecule has 2 aromatic carbocycles. The van der Waals surface area contributed by atoms with Crippen LogP contribution >= 0.6 is 0 Å². The average Bonchev–Trinajstić information content (AvgIpc) is 3.75. The molecule has 0 aliphatic carbocycles. The Labute approximate surface area is 249 Å². The van der Waals surface area contributed by atoms with Crippen molar-refractivity contribution in [2.24, 2.45) is 0 Å². The molecule has 3 aromatic rings. The molecule has 2 N–H and O–H groups in total. The summed E-state index contributed by atoms with van der Waals surface area (Å²) in [6, 6.07) is 7.49. The first-order chi connectivity index (χ1) is 20.5. The molecule has 11 heteroatoms. The molecule has 0 spiro atoms. The van der Waals surface area contributed by atoms with Gasteiger partial charge in [-0.3, -0.25) is 9.59 Å². The fourth-order valence-electron chi connectivity index (χ4n) is 6.53. The van der Waals surface area contributed by atoms with Gasteiger partial charge in [0, 0.05) is 47.3 Å². The summed E-state index contributed by atoms with van der Waals surface area (Å²) in [5.74, 6) is -3.19. The van der Waals surface area contributed by atoms with Gasteiger partial charge in [0.2, 0.25) is 0 Å². The zero-order valence-electron chi connectivity index (χ0n) is 24.2. The van der Waals surface area contributed by atoms with Gasteiger partial charge in [-0.25, -0.2) is 17.2 Å². The molecular weight excluding hydrogens is 574 g/mol. The monoisotopic (exact) mass is 608 g/mol. The summed E-state index contributed by atoms with van der Waals surface area (Å²) in [6.45, 7) is 7.42. The van der Waals surface area contributed by atoms with Gasteiger partial charge in [0.05, 0.1) is 21.8 Å². The Morgan fingerprint density at radius 3 is 2.49 bits per heavy atom. The number of amides is 2. The number of rotatable bonds is 7. The van der Waals surface area contributed by atoms with E-state index in [1.807, 2.05) is 18.7 Å². The van der Waals surface area contributed by atoms with Crippen LogP contribution in [0.15, 0.2) is 41.3 Å². The van der Waals surface area contributed by atoms with Crippen molar-refractivity contribution in [1.82, 2.24) is 14.8 Å². The lowest BCUT2D eigenvalue weighted by atomic mass is 10.0. The van der Waals surface area contributed by atoms with Crippen LogP contribution in [0, 0.1) is 25.5 Å². The summed E-state index contributed by atoms with van der Waals surface area (Å²) >= 11 is 0. The number of benzene rings is 2. The third-order valence-electron chi connectivity index (χ3n) is 8.81. The number of carbonyl (C=O) groups is 2. The van der Waals surface area contributed by atoms with Gasteiger partial charge in [-0.15, -0.1) is 0 Å². The third-order valence-corrected chi connectivity index (χ3v) is 10.5. The van der Waals surface area contributed by atoms with Gasteiger partial charge in [0.15, 0.2) is 9.84 Å². The molecule has 3 aliphatic heterocycles. The van der Waals surface area contributed by atoms with Crippen LogP contribution in [0.1, 0.15) is 64.1 Å². The lowest BCUT2D eigenvalue weighted by Crippen LogP contribution is -2.42. The van der Waals surface area contributed by atoms with E-state index in [0.717, 1.165) is 44.6 Å². The number of hydrogen-bond donors (Lipinski definition) is 2. The standard InChI is InChI=1S/C32H34F2N4O4S/c1-19-29(35-20(2)30(19)32(40)38-14-6-7-21(38)17-37-12-3-4-13-37)16-24-23-15-22(10-11-28(23)36-31(24)39)43(41,42)18-25-26(33)8-5-9-27(25)34/h5,8-11,15-16,21,35H,3-4,6-7,12-14,17-18H2,1-2H3,(H,36,39)/b24-16-/t21-/m1/s1. The Hall–Kier alpha value is -3.83. The number of nitrogens with zero attached hydrogens (tertiary/aromatic N) is 2. The van der Waals surface area contributed by atoms with Gasteiger partial charge in [0.25, 0.3) is 11.8 Å². The number of halogens is 2. The second-order valence-electron chi connectivity index (χ2n) is 11.6. The van der Waals surface area contributed by atoms with Crippen LogP contribution in [-0.4, -0.2) is 67.2 Å². The van der Waals surface area contributed by atoms with Gasteiger partial charge in [-0.05, 0) is 94.6 Å². The van der Waals surface area contributed by atoms with E-state index in [2.05, 4.69) is 15.2 Å². The van der Waals surface area contributed by atoms with Crippen LogP contribution < -0.4 is 5.32 Å². The highest BCUT2D eigenvalue weighted by Gasteiger charge is 2.34. The van der Waals surface area contributed by atoms with Crippen molar-refractivity contribution < 1.29 is 26.8 Å². The topological polar surface area (TPSA) is 103 Å². The van der Waals surface area contributed by atoms with Crippen molar-refractivity contribution in [1.29, 1.82) is 0 Å². The third kappa shape index (κ3) is 5.51. The molecule has 3 aliphatic rings. The molecule has 2 saturated heterocycles. The van der Waals surface area contributed by atoms with E-state index in [1.165, 1.54) is 37.1 Å². The van der Waals surface area contributed by atoms with Gasteiger partial charge in [-0.1, -0.05) is 6.07 Å². The average molecular weight is 609 g/mol. The molecule has 1 atom stereocenters. The second kappa shape index (κ2) is 11.3. The molecule has 0 radical (unpaired) electrons. The first-order valence-corrected chi connectivity index (χ1v) is 16.2. The van der Waals surface area contributed by atoms with Crippen molar-refractivity contribution in [2.45, 2.75) is 56.2 Å². The minimum atomic E-state index is -4.15. The maximum Gasteiger partial charge on any atom is 0.256 e. The molecule has 2 amide bonds. The normalized spacial score (nSPS) is 19.8. The molecule has 1 aromatic heterocycles. The molecule has 6 rings (SSSR count). The fraction of sp³-hybridized carbons (Fsp3) is 0.375. The summed E-state index contributed by atoms with van der Waals surface area (Å²) in [7, 11) is -4.15. The van der Waals surface area contributed by atoms with E-state index in [4.69, 9.17) is 0 Å². The number of hydrogen-bond acceptors (Lipinski definition) is 5. The minimum absolute atomic E-state index is 0.0253. The predicted octanol–water partition coefficient (Wildman–Crippen LogP) is 5.08. The fourth-order valence-corrected chi connectivity index (χ4v) is 7.93. The van der Waals surface area contributed by atoms with Crippen molar-refractivity contribution in [3.05, 3.63) is 81.7 Å². The number of fused-ring (bicyclic) bond motifs is 1. The summed E-state index contributed by atoms with van der Waals surface area (Å²) in [4.78, 5) is 34.3. The van der Waals surface area contributed by atoms with Crippen LogP contribution in [0.25, 0.3) is 11.6 Å². The summed E-state index contributed by atoms with van der Waals surface area (Å²) in [5, 5.41) is 2.75. The van der Waals surface area contributed by atoms with Crippen LogP contribution in [0.5, 0.6) is 0 Å². The van der Waals surface area contributed by atoms with Gasteiger partial charge >= 0.3 is 0 Å². The molecule has 43 heavy (non-hydrogen) atoms. The van der Waals surface area contributed by atoms with E-state index in [9.17, 15) is 26.8 Å². The summed E-state index contributed by atoms with van der Waals surface area (Å²) in [5.41, 5.74) is 3.03. The largest absolute Gasteiger partial charge is 0.358 e. The molecule has 2 fully saturated rings. The number of likely N-dealkylation sites (tertiary alicyclic amines) is 2. The Morgan fingerprint density at radius 2 is 1.77 bits per heavy atom. The Morgan fingerprint density at radius 1 is 1.05 bits per heavy atom. The minimum Gasteiger partial charge on any atom is -0.358 e. The van der Waals surface area contributed by atoms with Gasteiger partial charge < -0.3 is 20.1 Å². The van der Waals surface area contributed by atoms with Crippen molar-refractivity contribution in [2.75, 3.05) is 31.5 Å². The van der Waals surface area contributed by atoms with Crippen molar-refractivity contribution >= 4 is 39.0 Å². The smallest absolute Gasteiger partial charge is 0.256 e. The van der Waals surface area contributed by atoms with Crippen molar-refractivity contribution in [3.8, 4) is 0 Å². The van der Waals surface area contributed by atoms with E-state index in [1.54, 1.807) is 6.08 Å². The Bertz CT molecular complexity index is 1740. The first-order valence-electron chi connectivity index (χ1n) is 14.6. The van der Waals surface area contributed by atoms with E-state index in [0.29, 0.717) is 40.3 Å². The number of sulfone groups is 1. The summed E-state index contributed by atoms with van der Waals surface area (Å²) < 4.78 is 54.8. The molecule has 8 nitrogen and oxygen atoms in total. The van der Waals surface area contributed by atoms with E-state index in [-0.39, 0.29) is 22.4 Å². The second-order valence-corrected chi connectivity index (χ2v) is 13.6. The molecule has 4 heterocycles. The lowest BCUT2D eigenvalue weighted by Gasteiger charge is -2.28. The number of H-pyrrole nitrogens is 1. The zero-order chi connectivity index (χ0) is 30.5. The number of carbonyl (C=O) groups excluding carboxylic acids is 2. The highest BCUT2D eigenvalue weighted by molar-refractivity contribution is 7.90. The number of nitrogens with one attached hydrogen (secondary N) is 2. The molecule has 0 saturated carbocycles. The van der Waals surface area contributed by atoms with Crippen LogP contribution in [-0.2, 0) is 20.4 Å². The quantitative estimate of drug-likeness (QED) is 0.365. The van der Waals surface area contributed by atoms with Crippen molar-refractivity contribution in [3.63, 3.8) is 0 Å². The Balaban J connectivity index is 1.29. The molecule has 0 unspecified atom stereocenters. The molecule has 226 valence electrons. The van der Waals surface area contributed by atoms with Gasteiger partial charge in [0.1, 0.15) is 11.6 Å². The molecule has 0 bridgehead atoms. The van der Waals surface area contributed by atoms with Crippen LogP contribution in [0.3, 0.4) is 0 Å². The predicted molar refractivity (Wildman–Crippen MR) is 160 cm³/mol. The SMILES string of the molecule is Cc1[nH]c(/C=C2\C(=O)Nc3ccc(S(=O)(=O)Cc4c(F)cccc4F)cc32)c(C)c1C(=O)N1CCC[C@@H]1CN1CCCC1. The summed E-state index contributed by atoms with van der Waals surface area (Å²) in [6.07, 6.45) is 5.97. The Kier molecular flexibility index (Phi) is 7.72. The van der Waals surface area contributed by atoms with Crippen LogP contribution in [0.2, 0.25) is 0 Å². The van der Waals surface area contributed by atoms with E-state index >= 15 is 0 Å². The maximum absolute atomic E-state index is 14.2. The number of aryl methyl sites for hydroxylation is 1. The van der Waals surface area contributed by atoms with Gasteiger partial charge in [-0.2, -0.15) is 0 Å².